The Bertz CT molecular complexity index is 1010. The van der Waals surface area contributed by atoms with Gasteiger partial charge in [-0.2, -0.15) is 0 Å². The average molecular weight is 799 g/mol. The summed E-state index contributed by atoms with van der Waals surface area (Å²) in [6.45, 7) is 6.45. The Balaban J connectivity index is 4.36. The second-order valence-electron chi connectivity index (χ2n) is 16.0. The Kier molecular flexibility index (Phi) is 43.9. The molecule has 330 valence electrons. The van der Waals surface area contributed by atoms with E-state index in [9.17, 15) is 14.4 Å². The molecule has 0 saturated carbocycles. The minimum absolute atomic E-state index is 0.0869. The van der Waals surface area contributed by atoms with Crippen LogP contribution in [-0.2, 0) is 28.6 Å². The molecule has 1 unspecified atom stereocenters. The topological polar surface area (TPSA) is 78.9 Å². The van der Waals surface area contributed by atoms with Gasteiger partial charge in [0.15, 0.2) is 6.10 Å². The molecule has 0 bridgehead atoms. The van der Waals surface area contributed by atoms with E-state index < -0.39 is 6.10 Å². The molecule has 0 rings (SSSR count). The van der Waals surface area contributed by atoms with Crippen LogP contribution in [0.2, 0.25) is 0 Å². The van der Waals surface area contributed by atoms with Crippen molar-refractivity contribution in [2.45, 2.75) is 245 Å². The molecule has 0 saturated heterocycles. The summed E-state index contributed by atoms with van der Waals surface area (Å²) in [4.78, 5) is 37.8. The van der Waals surface area contributed by atoms with Crippen molar-refractivity contribution in [3.05, 3.63) is 48.6 Å². The van der Waals surface area contributed by atoms with E-state index in [-0.39, 0.29) is 31.1 Å². The molecule has 0 aromatic rings. The van der Waals surface area contributed by atoms with Crippen molar-refractivity contribution in [2.75, 3.05) is 13.2 Å². The summed E-state index contributed by atoms with van der Waals surface area (Å²) in [7, 11) is 0. The molecule has 0 heterocycles. The van der Waals surface area contributed by atoms with Gasteiger partial charge in [-0.3, -0.25) is 14.4 Å². The van der Waals surface area contributed by atoms with E-state index in [1.54, 1.807) is 0 Å². The third-order valence-electron chi connectivity index (χ3n) is 10.3. The summed E-state index contributed by atoms with van der Waals surface area (Å²) in [6.07, 6.45) is 53.9. The third kappa shape index (κ3) is 44.3. The maximum Gasteiger partial charge on any atom is 0.306 e. The fourth-order valence-corrected chi connectivity index (χ4v) is 6.64. The van der Waals surface area contributed by atoms with Crippen LogP contribution in [0.4, 0.5) is 0 Å². The summed E-state index contributed by atoms with van der Waals surface area (Å²) in [5.41, 5.74) is 0. The first-order valence-corrected chi connectivity index (χ1v) is 24.1. The molecule has 6 nitrogen and oxygen atoms in total. The summed E-state index contributed by atoms with van der Waals surface area (Å²) < 4.78 is 16.7. The highest BCUT2D eigenvalue weighted by Gasteiger charge is 2.19. The third-order valence-corrected chi connectivity index (χ3v) is 10.3. The van der Waals surface area contributed by atoms with Gasteiger partial charge < -0.3 is 14.2 Å². The predicted octanol–water partition coefficient (Wildman–Crippen LogP) is 15.5. The fraction of sp³-hybridized carbons (Fsp3) is 0.784. The smallest absolute Gasteiger partial charge is 0.306 e. The van der Waals surface area contributed by atoms with Crippen molar-refractivity contribution in [2.24, 2.45) is 0 Å². The fourth-order valence-electron chi connectivity index (χ4n) is 6.64. The molecule has 0 N–H and O–H groups in total. The van der Waals surface area contributed by atoms with E-state index in [4.69, 9.17) is 14.2 Å². The first-order valence-electron chi connectivity index (χ1n) is 24.1. The summed E-state index contributed by atoms with van der Waals surface area (Å²) >= 11 is 0. The van der Waals surface area contributed by atoms with Gasteiger partial charge in [0.1, 0.15) is 13.2 Å². The standard InChI is InChI=1S/C51H90O6/c1-4-7-10-13-16-19-21-23-25-27-29-32-35-38-41-44-50(53)56-47-48(46-55-49(52)43-40-37-34-31-18-15-12-9-6-3)57-51(54)45-42-39-36-33-30-28-26-24-22-20-17-14-11-8-5-2/h9,12,18-22,31,48H,4-8,10-11,13-17,23-30,32-47H2,1-3H3/b12-9-,21-19-,22-20-,31-18-. The van der Waals surface area contributed by atoms with Gasteiger partial charge in [-0.1, -0.05) is 172 Å². The minimum Gasteiger partial charge on any atom is -0.462 e. The number of hydrogen-bond donors (Lipinski definition) is 0. The van der Waals surface area contributed by atoms with Crippen molar-refractivity contribution in [1.29, 1.82) is 0 Å². The van der Waals surface area contributed by atoms with Crippen LogP contribution in [0.15, 0.2) is 48.6 Å². The molecule has 0 aliphatic heterocycles. The first kappa shape index (κ1) is 54.4. The molecule has 0 aromatic heterocycles. The van der Waals surface area contributed by atoms with Gasteiger partial charge in [0.25, 0.3) is 0 Å². The number of esters is 3. The SMILES string of the molecule is CC/C=C\C/C=C\CCCCC(=O)OCC(COC(=O)CCCCCCCCC/C=C\CCCCCC)OC(=O)CCCCCCCCC/C=C\CCCCCC. The van der Waals surface area contributed by atoms with Crippen LogP contribution in [0.1, 0.15) is 239 Å². The molecule has 0 spiro atoms. The molecule has 0 aliphatic rings. The van der Waals surface area contributed by atoms with Crippen LogP contribution in [0, 0.1) is 0 Å². The van der Waals surface area contributed by atoms with Crippen molar-refractivity contribution >= 4 is 17.9 Å². The number of allylic oxidation sites excluding steroid dienone is 8. The molecule has 0 fully saturated rings. The van der Waals surface area contributed by atoms with Crippen LogP contribution >= 0.6 is 0 Å². The van der Waals surface area contributed by atoms with E-state index in [1.165, 1.54) is 128 Å². The highest BCUT2D eigenvalue weighted by atomic mass is 16.6. The number of rotatable bonds is 43. The lowest BCUT2D eigenvalue weighted by Gasteiger charge is -2.18. The number of carbonyl (C=O) groups excluding carboxylic acids is 3. The Labute approximate surface area is 352 Å². The van der Waals surface area contributed by atoms with Crippen LogP contribution in [0.3, 0.4) is 0 Å². The van der Waals surface area contributed by atoms with Gasteiger partial charge >= 0.3 is 17.9 Å². The molecule has 6 heteroatoms. The largest absolute Gasteiger partial charge is 0.462 e. The van der Waals surface area contributed by atoms with E-state index in [0.717, 1.165) is 70.6 Å². The number of carbonyl (C=O) groups is 3. The molecular weight excluding hydrogens is 709 g/mol. The summed E-state index contributed by atoms with van der Waals surface area (Å²) in [5, 5.41) is 0. The van der Waals surface area contributed by atoms with Crippen molar-refractivity contribution in [1.82, 2.24) is 0 Å². The van der Waals surface area contributed by atoms with E-state index in [0.29, 0.717) is 19.3 Å². The predicted molar refractivity (Wildman–Crippen MR) is 242 cm³/mol. The number of ether oxygens (including phenoxy) is 3. The molecule has 0 radical (unpaired) electrons. The van der Waals surface area contributed by atoms with Gasteiger partial charge in [-0.05, 0) is 96.3 Å². The quantitative estimate of drug-likeness (QED) is 0.0265. The highest BCUT2D eigenvalue weighted by molar-refractivity contribution is 5.71. The van der Waals surface area contributed by atoms with Gasteiger partial charge in [-0.25, -0.2) is 0 Å². The van der Waals surface area contributed by atoms with Gasteiger partial charge in [0.05, 0.1) is 0 Å². The lowest BCUT2D eigenvalue weighted by atomic mass is 10.1. The molecule has 57 heavy (non-hydrogen) atoms. The Hall–Kier alpha value is -2.63. The Morgan fingerprint density at radius 1 is 0.368 bits per heavy atom. The van der Waals surface area contributed by atoms with Gasteiger partial charge in [0.2, 0.25) is 0 Å². The van der Waals surface area contributed by atoms with Crippen LogP contribution < -0.4 is 0 Å². The molecule has 0 aliphatic carbocycles. The zero-order valence-corrected chi connectivity index (χ0v) is 37.6. The van der Waals surface area contributed by atoms with Crippen molar-refractivity contribution in [3.63, 3.8) is 0 Å². The normalized spacial score (nSPS) is 12.4. The van der Waals surface area contributed by atoms with Crippen LogP contribution in [0.25, 0.3) is 0 Å². The number of hydrogen-bond acceptors (Lipinski definition) is 6. The second-order valence-corrected chi connectivity index (χ2v) is 16.0. The summed E-state index contributed by atoms with van der Waals surface area (Å²) in [6, 6.07) is 0. The van der Waals surface area contributed by atoms with Crippen LogP contribution in [-0.4, -0.2) is 37.2 Å². The van der Waals surface area contributed by atoms with Crippen molar-refractivity contribution < 1.29 is 28.6 Å². The lowest BCUT2D eigenvalue weighted by molar-refractivity contribution is -0.167. The molecule has 0 aromatic carbocycles. The van der Waals surface area contributed by atoms with Crippen molar-refractivity contribution in [3.8, 4) is 0 Å². The maximum atomic E-state index is 12.7. The Morgan fingerprint density at radius 3 is 1.11 bits per heavy atom. The maximum absolute atomic E-state index is 12.7. The molecule has 0 amide bonds. The van der Waals surface area contributed by atoms with E-state index in [2.05, 4.69) is 69.4 Å². The molecule has 1 atom stereocenters. The van der Waals surface area contributed by atoms with E-state index in [1.807, 2.05) is 0 Å². The first-order chi connectivity index (χ1) is 28.0. The zero-order valence-electron chi connectivity index (χ0n) is 37.6. The van der Waals surface area contributed by atoms with E-state index >= 15 is 0 Å². The molecular formula is C51H90O6. The van der Waals surface area contributed by atoms with Gasteiger partial charge in [0, 0.05) is 19.3 Å². The zero-order chi connectivity index (χ0) is 41.5. The minimum atomic E-state index is -0.786. The van der Waals surface area contributed by atoms with Gasteiger partial charge in [-0.15, -0.1) is 0 Å². The Morgan fingerprint density at radius 2 is 0.684 bits per heavy atom. The average Bonchev–Trinajstić information content (AvgIpc) is 3.21. The monoisotopic (exact) mass is 799 g/mol. The van der Waals surface area contributed by atoms with Crippen LogP contribution in [0.5, 0.6) is 0 Å². The highest BCUT2D eigenvalue weighted by Crippen LogP contribution is 2.14. The second kappa shape index (κ2) is 46.1. The summed E-state index contributed by atoms with van der Waals surface area (Å²) in [5.74, 6) is -0.932. The number of unbranched alkanes of at least 4 members (excludes halogenated alkanes) is 24. The lowest BCUT2D eigenvalue weighted by Crippen LogP contribution is -2.30.